The summed E-state index contributed by atoms with van der Waals surface area (Å²) in [5.74, 6) is -1.85. The number of aliphatic carboxylic acids is 1. The van der Waals surface area contributed by atoms with Crippen molar-refractivity contribution in [3.8, 4) is 11.3 Å². The molecule has 0 atom stereocenters. The number of nitrogens with zero attached hydrogens (tertiary/aromatic N) is 2. The highest BCUT2D eigenvalue weighted by Gasteiger charge is 2.10. The van der Waals surface area contributed by atoms with E-state index >= 15 is 0 Å². The molecule has 1 heterocycles. The number of hydrogen-bond donors (Lipinski definition) is 2. The van der Waals surface area contributed by atoms with E-state index in [1.165, 1.54) is 12.1 Å². The third kappa shape index (κ3) is 3.96. The minimum absolute atomic E-state index is 0.0551. The molecule has 1 amide bonds. The number of carbonyl (C=O) groups is 2. The van der Waals surface area contributed by atoms with Gasteiger partial charge in [0.25, 0.3) is 5.69 Å². The fourth-order valence-corrected chi connectivity index (χ4v) is 2.26. The Bertz CT molecular complexity index is 769. The summed E-state index contributed by atoms with van der Waals surface area (Å²) in [5.41, 5.74) is 0.971. The van der Waals surface area contributed by atoms with Gasteiger partial charge in [0.05, 0.1) is 10.6 Å². The van der Waals surface area contributed by atoms with E-state index in [-0.39, 0.29) is 10.8 Å². The minimum Gasteiger partial charge on any atom is -0.478 e. The molecular formula is C13H9N3O5S. The molecule has 0 saturated heterocycles. The smallest absolute Gasteiger partial charge is 0.328 e. The van der Waals surface area contributed by atoms with Crippen LogP contribution in [-0.4, -0.2) is 26.9 Å². The van der Waals surface area contributed by atoms with E-state index < -0.39 is 16.8 Å². The number of hydrogen-bond acceptors (Lipinski definition) is 6. The number of carbonyl (C=O) groups excluding carboxylic acids is 1. The monoisotopic (exact) mass is 319 g/mol. The molecular weight excluding hydrogens is 310 g/mol. The number of benzene rings is 1. The Morgan fingerprint density at radius 2 is 2.14 bits per heavy atom. The molecule has 2 aromatic rings. The van der Waals surface area contributed by atoms with Gasteiger partial charge in [-0.2, -0.15) is 0 Å². The summed E-state index contributed by atoms with van der Waals surface area (Å²) >= 11 is 1.13. The van der Waals surface area contributed by atoms with Gasteiger partial charge >= 0.3 is 5.97 Å². The van der Waals surface area contributed by atoms with Crippen molar-refractivity contribution in [2.45, 2.75) is 0 Å². The first-order chi connectivity index (χ1) is 10.5. The Morgan fingerprint density at radius 1 is 1.36 bits per heavy atom. The van der Waals surface area contributed by atoms with Crippen LogP contribution in [0.5, 0.6) is 0 Å². The predicted molar refractivity (Wildman–Crippen MR) is 79.6 cm³/mol. The Kier molecular flexibility index (Phi) is 4.59. The number of aromatic nitrogens is 1. The number of carboxylic acids is 1. The molecule has 0 radical (unpaired) electrons. The van der Waals surface area contributed by atoms with E-state index in [1.807, 2.05) is 0 Å². The van der Waals surface area contributed by atoms with Crippen LogP contribution < -0.4 is 5.32 Å². The average Bonchev–Trinajstić information content (AvgIpc) is 2.93. The summed E-state index contributed by atoms with van der Waals surface area (Å²) in [5, 5.41) is 23.5. The van der Waals surface area contributed by atoms with Crippen molar-refractivity contribution < 1.29 is 19.6 Å². The Hall–Kier alpha value is -3.07. The molecule has 0 unspecified atom stereocenters. The quantitative estimate of drug-likeness (QED) is 0.495. The zero-order valence-corrected chi connectivity index (χ0v) is 11.7. The first kappa shape index (κ1) is 15.3. The van der Waals surface area contributed by atoms with Crippen molar-refractivity contribution in [3.05, 3.63) is 51.9 Å². The number of non-ortho nitro benzene ring substituents is 1. The van der Waals surface area contributed by atoms with Crippen molar-refractivity contribution in [2.24, 2.45) is 0 Å². The van der Waals surface area contributed by atoms with Crippen molar-refractivity contribution in [1.82, 2.24) is 4.98 Å². The molecule has 22 heavy (non-hydrogen) atoms. The lowest BCUT2D eigenvalue weighted by Gasteiger charge is -1.97. The van der Waals surface area contributed by atoms with Crippen LogP contribution in [0.2, 0.25) is 0 Å². The molecule has 8 nitrogen and oxygen atoms in total. The minimum atomic E-state index is -1.23. The molecule has 0 spiro atoms. The van der Waals surface area contributed by atoms with E-state index in [1.54, 1.807) is 17.5 Å². The zero-order chi connectivity index (χ0) is 16.1. The van der Waals surface area contributed by atoms with Crippen LogP contribution >= 0.6 is 11.3 Å². The van der Waals surface area contributed by atoms with Gasteiger partial charge in [-0.05, 0) is 0 Å². The molecule has 1 aromatic heterocycles. The van der Waals surface area contributed by atoms with E-state index in [2.05, 4.69) is 10.3 Å². The second-order valence-electron chi connectivity index (χ2n) is 4.01. The SMILES string of the molecule is O=C(O)C=CC(=O)Nc1nc(-c2cccc([N+](=O)[O-])c2)cs1. The van der Waals surface area contributed by atoms with Crippen LogP contribution in [-0.2, 0) is 9.59 Å². The summed E-state index contributed by atoms with van der Waals surface area (Å²) < 4.78 is 0. The number of rotatable bonds is 5. The molecule has 1 aromatic carbocycles. The summed E-state index contributed by atoms with van der Waals surface area (Å²) in [6.07, 6.45) is 1.58. The highest BCUT2D eigenvalue weighted by Crippen LogP contribution is 2.27. The van der Waals surface area contributed by atoms with Gasteiger partial charge in [0, 0.05) is 35.2 Å². The third-order valence-corrected chi connectivity index (χ3v) is 3.22. The lowest BCUT2D eigenvalue weighted by molar-refractivity contribution is -0.384. The Balaban J connectivity index is 2.14. The number of amides is 1. The first-order valence-electron chi connectivity index (χ1n) is 5.88. The Morgan fingerprint density at radius 3 is 2.82 bits per heavy atom. The molecule has 2 rings (SSSR count). The van der Waals surface area contributed by atoms with Gasteiger partial charge in [-0.3, -0.25) is 20.2 Å². The van der Waals surface area contributed by atoms with E-state index in [4.69, 9.17) is 5.11 Å². The van der Waals surface area contributed by atoms with Crippen molar-refractivity contribution in [2.75, 3.05) is 5.32 Å². The highest BCUT2D eigenvalue weighted by atomic mass is 32.1. The van der Waals surface area contributed by atoms with E-state index in [9.17, 15) is 19.7 Å². The lowest BCUT2D eigenvalue weighted by Crippen LogP contribution is -2.08. The summed E-state index contributed by atoms with van der Waals surface area (Å²) in [7, 11) is 0. The van der Waals surface area contributed by atoms with E-state index in [0.29, 0.717) is 17.3 Å². The van der Waals surface area contributed by atoms with Crippen LogP contribution in [0.1, 0.15) is 0 Å². The lowest BCUT2D eigenvalue weighted by atomic mass is 10.1. The van der Waals surface area contributed by atoms with Gasteiger partial charge in [0.2, 0.25) is 5.91 Å². The fourth-order valence-electron chi connectivity index (χ4n) is 1.54. The molecule has 0 fully saturated rings. The van der Waals surface area contributed by atoms with Crippen LogP contribution in [0, 0.1) is 10.1 Å². The highest BCUT2D eigenvalue weighted by molar-refractivity contribution is 7.14. The number of anilines is 1. The van der Waals surface area contributed by atoms with Crippen LogP contribution in [0.25, 0.3) is 11.3 Å². The standard InChI is InChI=1S/C13H9N3O5S/c17-11(4-5-12(18)19)15-13-14-10(7-22-13)8-2-1-3-9(6-8)16(20)21/h1-7H,(H,18,19)(H,14,15,17). The molecule has 0 aliphatic rings. The molecule has 0 aliphatic heterocycles. The number of nitro groups is 1. The maximum absolute atomic E-state index is 11.4. The van der Waals surface area contributed by atoms with E-state index in [0.717, 1.165) is 17.4 Å². The number of nitrogens with one attached hydrogen (secondary N) is 1. The number of carboxylic acid groups (broad SMARTS) is 1. The normalized spacial score (nSPS) is 10.5. The van der Waals surface area contributed by atoms with Gasteiger partial charge in [-0.15, -0.1) is 11.3 Å². The second kappa shape index (κ2) is 6.59. The van der Waals surface area contributed by atoms with Gasteiger partial charge in [-0.25, -0.2) is 9.78 Å². The van der Waals surface area contributed by atoms with Gasteiger partial charge in [0.1, 0.15) is 0 Å². The summed E-state index contributed by atoms with van der Waals surface area (Å²) in [4.78, 5) is 36.1. The average molecular weight is 319 g/mol. The molecule has 0 aliphatic carbocycles. The van der Waals surface area contributed by atoms with Crippen LogP contribution in [0.4, 0.5) is 10.8 Å². The fraction of sp³-hybridized carbons (Fsp3) is 0. The van der Waals surface area contributed by atoms with Crippen LogP contribution in [0.3, 0.4) is 0 Å². The molecule has 9 heteroatoms. The van der Waals surface area contributed by atoms with Gasteiger partial charge < -0.3 is 5.11 Å². The Labute approximate surface area is 127 Å². The summed E-state index contributed by atoms with van der Waals surface area (Å²) in [6, 6.07) is 5.96. The zero-order valence-electron chi connectivity index (χ0n) is 10.9. The largest absolute Gasteiger partial charge is 0.478 e. The molecule has 2 N–H and O–H groups in total. The third-order valence-electron chi connectivity index (χ3n) is 2.46. The first-order valence-corrected chi connectivity index (χ1v) is 6.76. The van der Waals surface area contributed by atoms with Gasteiger partial charge in [0.15, 0.2) is 5.13 Å². The second-order valence-corrected chi connectivity index (χ2v) is 4.86. The number of thiazole rings is 1. The van der Waals surface area contributed by atoms with Gasteiger partial charge in [-0.1, -0.05) is 12.1 Å². The van der Waals surface area contributed by atoms with Crippen molar-refractivity contribution >= 4 is 34.0 Å². The molecule has 0 saturated carbocycles. The maximum atomic E-state index is 11.4. The topological polar surface area (TPSA) is 122 Å². The van der Waals surface area contributed by atoms with Crippen LogP contribution in [0.15, 0.2) is 41.8 Å². The maximum Gasteiger partial charge on any atom is 0.328 e. The summed E-state index contributed by atoms with van der Waals surface area (Å²) in [6.45, 7) is 0. The number of nitro benzene ring substituents is 1. The van der Waals surface area contributed by atoms with Crippen molar-refractivity contribution in [1.29, 1.82) is 0 Å². The molecule has 0 bridgehead atoms. The predicted octanol–water partition coefficient (Wildman–Crippen LogP) is 2.30. The molecule has 112 valence electrons. The van der Waals surface area contributed by atoms with Crippen molar-refractivity contribution in [3.63, 3.8) is 0 Å².